The molecule has 0 aliphatic heterocycles. The third-order valence-electron chi connectivity index (χ3n) is 1.29. The lowest BCUT2D eigenvalue weighted by Gasteiger charge is -2.09. The Morgan fingerprint density at radius 2 is 2.42 bits per heavy atom. The fraction of sp³-hybridized carbons (Fsp3) is 0.625. The molecule has 0 saturated heterocycles. The molecule has 0 bridgehead atoms. The Kier molecular flexibility index (Phi) is 5.87. The van der Waals surface area contributed by atoms with Gasteiger partial charge in [0, 0.05) is 0 Å². The molecule has 1 N–H and O–H groups in total. The van der Waals surface area contributed by atoms with Crippen molar-refractivity contribution in [2.24, 2.45) is 0 Å². The van der Waals surface area contributed by atoms with E-state index in [-0.39, 0.29) is 6.10 Å². The summed E-state index contributed by atoms with van der Waals surface area (Å²) in [4.78, 5) is 10.0. The molecular formula is C8H14O4. The maximum atomic E-state index is 10.0. The summed E-state index contributed by atoms with van der Waals surface area (Å²) < 4.78 is 9.32. The van der Waals surface area contributed by atoms with E-state index in [4.69, 9.17) is 9.84 Å². The number of ether oxygens (including phenoxy) is 2. The van der Waals surface area contributed by atoms with Gasteiger partial charge in [-0.2, -0.15) is 0 Å². The molecule has 0 aromatic carbocycles. The number of carbonyl (C=O) groups is 1. The largest absolute Gasteiger partial charge is 0.506 e. The topological polar surface area (TPSA) is 55.8 Å². The van der Waals surface area contributed by atoms with Crippen LogP contribution < -0.4 is 0 Å². The lowest BCUT2D eigenvalue weighted by molar-refractivity contribution is 0.0525. The van der Waals surface area contributed by atoms with E-state index in [1.807, 2.05) is 0 Å². The van der Waals surface area contributed by atoms with Gasteiger partial charge in [0.15, 0.2) is 0 Å². The standard InChI is InChI=1S/C8H14O4/c1-3-11-6-4-5-7(2)12-8(9)10/h3,7H,1,4-6H2,2H3,(H,9,10). The summed E-state index contributed by atoms with van der Waals surface area (Å²) in [7, 11) is 0. The summed E-state index contributed by atoms with van der Waals surface area (Å²) in [6, 6.07) is 0. The van der Waals surface area contributed by atoms with Crippen LogP contribution in [0, 0.1) is 0 Å². The van der Waals surface area contributed by atoms with Crippen LogP contribution in [-0.2, 0) is 9.47 Å². The van der Waals surface area contributed by atoms with Gasteiger partial charge in [0.05, 0.1) is 12.9 Å². The van der Waals surface area contributed by atoms with Gasteiger partial charge in [0.2, 0.25) is 0 Å². The summed E-state index contributed by atoms with van der Waals surface area (Å²) in [6.07, 6.45) is 1.30. The minimum absolute atomic E-state index is 0.268. The van der Waals surface area contributed by atoms with Crippen LogP contribution in [0.5, 0.6) is 0 Å². The molecule has 0 aromatic rings. The smallest absolute Gasteiger partial charge is 0.502 e. The van der Waals surface area contributed by atoms with Gasteiger partial charge < -0.3 is 14.6 Å². The maximum Gasteiger partial charge on any atom is 0.506 e. The lowest BCUT2D eigenvalue weighted by Crippen LogP contribution is -2.13. The highest BCUT2D eigenvalue weighted by atomic mass is 16.7. The fourth-order valence-corrected chi connectivity index (χ4v) is 0.768. The molecule has 0 radical (unpaired) electrons. The van der Waals surface area contributed by atoms with Gasteiger partial charge in [-0.25, -0.2) is 4.79 Å². The Morgan fingerprint density at radius 3 is 2.92 bits per heavy atom. The van der Waals surface area contributed by atoms with Crippen molar-refractivity contribution in [2.75, 3.05) is 6.61 Å². The molecule has 0 fully saturated rings. The minimum atomic E-state index is -1.23. The highest BCUT2D eigenvalue weighted by Gasteiger charge is 2.05. The van der Waals surface area contributed by atoms with Crippen LogP contribution in [0.4, 0.5) is 4.79 Å². The van der Waals surface area contributed by atoms with E-state index in [2.05, 4.69) is 11.3 Å². The van der Waals surface area contributed by atoms with Crippen LogP contribution in [0.25, 0.3) is 0 Å². The van der Waals surface area contributed by atoms with Gasteiger partial charge in [-0.3, -0.25) is 0 Å². The summed E-state index contributed by atoms with van der Waals surface area (Å²) in [5, 5.41) is 8.22. The Labute approximate surface area is 71.8 Å². The van der Waals surface area contributed by atoms with Crippen LogP contribution in [0.15, 0.2) is 12.8 Å². The van der Waals surface area contributed by atoms with Crippen molar-refractivity contribution >= 4 is 6.16 Å². The Morgan fingerprint density at radius 1 is 1.75 bits per heavy atom. The SMILES string of the molecule is C=COCCCC(C)OC(=O)O. The fourth-order valence-electron chi connectivity index (χ4n) is 0.768. The van der Waals surface area contributed by atoms with Gasteiger partial charge in [0.1, 0.15) is 6.10 Å². The first-order valence-corrected chi connectivity index (χ1v) is 3.79. The maximum absolute atomic E-state index is 10.0. The molecular weight excluding hydrogens is 160 g/mol. The van der Waals surface area contributed by atoms with Gasteiger partial charge in [-0.15, -0.1) is 0 Å². The molecule has 0 aromatic heterocycles. The van der Waals surface area contributed by atoms with E-state index in [9.17, 15) is 4.79 Å². The number of hydrogen-bond donors (Lipinski definition) is 1. The molecule has 4 heteroatoms. The molecule has 12 heavy (non-hydrogen) atoms. The van der Waals surface area contributed by atoms with Crippen molar-refractivity contribution in [2.45, 2.75) is 25.9 Å². The van der Waals surface area contributed by atoms with E-state index in [1.54, 1.807) is 6.92 Å². The van der Waals surface area contributed by atoms with Crippen LogP contribution in [0.3, 0.4) is 0 Å². The quantitative estimate of drug-likeness (QED) is 0.380. The predicted molar refractivity (Wildman–Crippen MR) is 44.0 cm³/mol. The second-order valence-corrected chi connectivity index (χ2v) is 2.37. The number of carboxylic acid groups (broad SMARTS) is 1. The second-order valence-electron chi connectivity index (χ2n) is 2.37. The molecule has 0 spiro atoms. The zero-order valence-electron chi connectivity index (χ0n) is 7.16. The normalized spacial score (nSPS) is 11.8. The summed E-state index contributed by atoms with van der Waals surface area (Å²) in [5.41, 5.74) is 0. The first-order valence-electron chi connectivity index (χ1n) is 3.79. The monoisotopic (exact) mass is 174 g/mol. The third kappa shape index (κ3) is 6.92. The molecule has 1 atom stereocenters. The highest BCUT2D eigenvalue weighted by molar-refractivity contribution is 5.56. The van der Waals surface area contributed by atoms with Crippen molar-refractivity contribution in [1.82, 2.24) is 0 Å². The lowest BCUT2D eigenvalue weighted by atomic mass is 10.2. The second kappa shape index (κ2) is 6.52. The number of hydrogen-bond acceptors (Lipinski definition) is 3. The molecule has 0 amide bonds. The summed E-state index contributed by atoms with van der Waals surface area (Å²) >= 11 is 0. The molecule has 0 saturated carbocycles. The molecule has 0 rings (SSSR count). The molecule has 1 unspecified atom stereocenters. The third-order valence-corrected chi connectivity index (χ3v) is 1.29. The van der Waals surface area contributed by atoms with E-state index >= 15 is 0 Å². The molecule has 0 aliphatic rings. The van der Waals surface area contributed by atoms with Crippen LogP contribution >= 0.6 is 0 Å². The number of rotatable bonds is 6. The van der Waals surface area contributed by atoms with Crippen LogP contribution in [-0.4, -0.2) is 24.0 Å². The van der Waals surface area contributed by atoms with E-state index < -0.39 is 6.16 Å². The van der Waals surface area contributed by atoms with Crippen molar-refractivity contribution in [1.29, 1.82) is 0 Å². The zero-order chi connectivity index (χ0) is 9.40. The summed E-state index contributed by atoms with van der Waals surface area (Å²) in [5.74, 6) is 0. The van der Waals surface area contributed by atoms with E-state index in [0.717, 1.165) is 6.42 Å². The Bertz CT molecular complexity index is 144. The molecule has 0 aliphatic carbocycles. The van der Waals surface area contributed by atoms with Crippen molar-refractivity contribution in [3.63, 3.8) is 0 Å². The zero-order valence-corrected chi connectivity index (χ0v) is 7.16. The Balaban J connectivity index is 3.24. The van der Waals surface area contributed by atoms with Crippen LogP contribution in [0.2, 0.25) is 0 Å². The Hall–Kier alpha value is -1.19. The minimum Gasteiger partial charge on any atom is -0.502 e. The first kappa shape index (κ1) is 10.8. The van der Waals surface area contributed by atoms with Gasteiger partial charge in [-0.05, 0) is 19.8 Å². The predicted octanol–water partition coefficient (Wildman–Crippen LogP) is 2.01. The highest BCUT2D eigenvalue weighted by Crippen LogP contribution is 2.01. The van der Waals surface area contributed by atoms with Crippen molar-refractivity contribution in [3.8, 4) is 0 Å². The van der Waals surface area contributed by atoms with E-state index in [1.165, 1.54) is 6.26 Å². The van der Waals surface area contributed by atoms with Gasteiger partial charge in [0.25, 0.3) is 0 Å². The average Bonchev–Trinajstić information content (AvgIpc) is 1.97. The molecule has 0 heterocycles. The van der Waals surface area contributed by atoms with E-state index in [0.29, 0.717) is 13.0 Å². The van der Waals surface area contributed by atoms with Gasteiger partial charge >= 0.3 is 6.16 Å². The van der Waals surface area contributed by atoms with Crippen molar-refractivity contribution < 1.29 is 19.4 Å². The van der Waals surface area contributed by atoms with Crippen molar-refractivity contribution in [3.05, 3.63) is 12.8 Å². The molecule has 4 nitrogen and oxygen atoms in total. The average molecular weight is 174 g/mol. The molecule has 70 valence electrons. The van der Waals surface area contributed by atoms with Gasteiger partial charge in [-0.1, -0.05) is 6.58 Å². The first-order chi connectivity index (χ1) is 5.66. The summed E-state index contributed by atoms with van der Waals surface area (Å²) in [6.45, 7) is 5.64. The van der Waals surface area contributed by atoms with Crippen LogP contribution in [0.1, 0.15) is 19.8 Å².